The smallest absolute Gasteiger partial charge is 0.253 e. The van der Waals surface area contributed by atoms with Crippen LogP contribution >= 0.6 is 11.3 Å². The third-order valence-electron chi connectivity index (χ3n) is 2.91. The van der Waals surface area contributed by atoms with Gasteiger partial charge in [0.15, 0.2) is 0 Å². The molecule has 0 atom stereocenters. The van der Waals surface area contributed by atoms with E-state index in [0.717, 1.165) is 4.88 Å². The van der Waals surface area contributed by atoms with Gasteiger partial charge in [-0.2, -0.15) is 4.31 Å². The van der Waals surface area contributed by atoms with E-state index in [0.29, 0.717) is 23.3 Å². The van der Waals surface area contributed by atoms with Crippen molar-refractivity contribution in [1.82, 2.24) is 9.62 Å². The first-order chi connectivity index (χ1) is 9.59. The van der Waals surface area contributed by atoms with E-state index in [2.05, 4.69) is 25.7 Å². The molecule has 0 radical (unpaired) electrons. The second-order valence-corrected chi connectivity index (χ2v) is 9.51. The molecule has 0 spiro atoms. The molecule has 0 saturated heterocycles. The lowest BCUT2D eigenvalue weighted by molar-refractivity contribution is 0.270. The quantitative estimate of drug-likeness (QED) is 0.781. The van der Waals surface area contributed by atoms with Gasteiger partial charge < -0.3 is 5.32 Å². The number of nitrogens with one attached hydrogen (secondary N) is 1. The van der Waals surface area contributed by atoms with Crippen molar-refractivity contribution in [2.24, 2.45) is 0 Å². The maximum atomic E-state index is 12.8. The summed E-state index contributed by atoms with van der Waals surface area (Å²) >= 11 is 1.33. The molecule has 1 aromatic rings. The summed E-state index contributed by atoms with van der Waals surface area (Å²) in [6, 6.07) is 3.94. The molecule has 1 N–H and O–H groups in total. The van der Waals surface area contributed by atoms with E-state index in [9.17, 15) is 8.42 Å². The average molecular weight is 331 g/mol. The van der Waals surface area contributed by atoms with Gasteiger partial charge in [0.25, 0.3) is 10.0 Å². The van der Waals surface area contributed by atoms with Gasteiger partial charge in [-0.25, -0.2) is 8.42 Å². The van der Waals surface area contributed by atoms with E-state index >= 15 is 0 Å². The van der Waals surface area contributed by atoms with Crippen LogP contribution < -0.4 is 5.32 Å². The molecule has 0 unspecified atom stereocenters. The zero-order valence-electron chi connectivity index (χ0n) is 13.5. The van der Waals surface area contributed by atoms with Gasteiger partial charge >= 0.3 is 0 Å². The van der Waals surface area contributed by atoms with Gasteiger partial charge in [0.1, 0.15) is 4.21 Å². The Bertz CT molecular complexity index is 569. The number of nitrogens with zero attached hydrogens (tertiary/aromatic N) is 1. The Hall–Kier alpha value is -0.690. The predicted molar refractivity (Wildman–Crippen MR) is 90.1 cm³/mol. The fraction of sp³-hybridized carbons (Fsp3) is 0.600. The van der Waals surface area contributed by atoms with E-state index < -0.39 is 15.6 Å². The lowest BCUT2D eigenvalue weighted by Crippen LogP contribution is -2.45. The van der Waals surface area contributed by atoms with Crippen LogP contribution in [0.4, 0.5) is 0 Å². The fourth-order valence-electron chi connectivity index (χ4n) is 1.85. The van der Waals surface area contributed by atoms with E-state index in [4.69, 9.17) is 0 Å². The Morgan fingerprint density at radius 1 is 1.38 bits per heavy atom. The molecular weight excluding hydrogens is 304 g/mol. The lowest BCUT2D eigenvalue weighted by Gasteiger charge is -2.33. The van der Waals surface area contributed by atoms with Crippen molar-refractivity contribution in [2.75, 3.05) is 6.54 Å². The van der Waals surface area contributed by atoms with Crippen molar-refractivity contribution >= 4 is 21.4 Å². The third kappa shape index (κ3) is 4.92. The van der Waals surface area contributed by atoms with Gasteiger partial charge in [-0.1, -0.05) is 19.9 Å². The molecule has 0 aliphatic carbocycles. The summed E-state index contributed by atoms with van der Waals surface area (Å²) in [5, 5.41) is 3.30. The van der Waals surface area contributed by atoms with E-state index in [-0.39, 0.29) is 0 Å². The van der Waals surface area contributed by atoms with Crippen LogP contribution in [0.3, 0.4) is 0 Å². The zero-order valence-corrected chi connectivity index (χ0v) is 15.1. The van der Waals surface area contributed by atoms with Crippen molar-refractivity contribution in [2.45, 2.75) is 57.0 Å². The zero-order chi connectivity index (χ0) is 16.3. The predicted octanol–water partition coefficient (Wildman–Crippen LogP) is 3.22. The largest absolute Gasteiger partial charge is 0.310 e. The Balaban J connectivity index is 3.03. The van der Waals surface area contributed by atoms with Gasteiger partial charge in [-0.3, -0.25) is 0 Å². The lowest BCUT2D eigenvalue weighted by atomic mass is 10.1. The Kier molecular flexibility index (Phi) is 6.16. The number of hydrogen-bond donors (Lipinski definition) is 1. The Morgan fingerprint density at radius 3 is 2.48 bits per heavy atom. The van der Waals surface area contributed by atoms with Crippen LogP contribution in [0.15, 0.2) is 29.0 Å². The minimum atomic E-state index is -3.49. The normalized spacial score (nSPS) is 13.1. The minimum absolute atomic E-state index is 0.309. The second-order valence-electron chi connectivity index (χ2n) is 6.25. The molecule has 4 nitrogen and oxygen atoms in total. The molecule has 21 heavy (non-hydrogen) atoms. The number of rotatable bonds is 7. The maximum absolute atomic E-state index is 12.8. The second kappa shape index (κ2) is 7.05. The number of thiophene rings is 1. The highest BCUT2D eigenvalue weighted by Gasteiger charge is 2.33. The van der Waals surface area contributed by atoms with Crippen LogP contribution in [0.2, 0.25) is 0 Å². The van der Waals surface area contributed by atoms with Crippen LogP contribution in [0.5, 0.6) is 0 Å². The van der Waals surface area contributed by atoms with Crippen LogP contribution in [0.25, 0.3) is 0 Å². The minimum Gasteiger partial charge on any atom is -0.310 e. The van der Waals surface area contributed by atoms with Crippen molar-refractivity contribution in [1.29, 1.82) is 0 Å². The van der Waals surface area contributed by atoms with Crippen molar-refractivity contribution < 1.29 is 8.42 Å². The van der Waals surface area contributed by atoms with Crippen molar-refractivity contribution in [3.8, 4) is 0 Å². The third-order valence-corrected chi connectivity index (χ3v) is 6.59. The van der Waals surface area contributed by atoms with Crippen LogP contribution in [-0.2, 0) is 16.6 Å². The SMILES string of the molecule is C=CCN(C(C)(C)C)S(=O)(=O)c1ccc(CNC(C)C)s1. The molecule has 0 bridgehead atoms. The average Bonchev–Trinajstić information content (AvgIpc) is 2.81. The first-order valence-corrected chi connectivity index (χ1v) is 9.30. The molecule has 6 heteroatoms. The van der Waals surface area contributed by atoms with Gasteiger partial charge in [0, 0.05) is 29.5 Å². The maximum Gasteiger partial charge on any atom is 0.253 e. The summed E-state index contributed by atoms with van der Waals surface area (Å²) in [6.45, 7) is 14.5. The van der Waals surface area contributed by atoms with Gasteiger partial charge in [0.2, 0.25) is 0 Å². The van der Waals surface area contributed by atoms with Crippen LogP contribution in [0, 0.1) is 0 Å². The first kappa shape index (κ1) is 18.4. The van der Waals surface area contributed by atoms with Crippen molar-refractivity contribution in [3.05, 3.63) is 29.7 Å². The van der Waals surface area contributed by atoms with E-state index in [1.54, 1.807) is 12.1 Å². The fourth-order valence-corrected chi connectivity index (χ4v) is 5.03. The molecule has 0 aliphatic rings. The molecule has 120 valence electrons. The summed E-state index contributed by atoms with van der Waals surface area (Å²) in [4.78, 5) is 1.02. The molecule has 0 aliphatic heterocycles. The highest BCUT2D eigenvalue weighted by Crippen LogP contribution is 2.29. The molecule has 0 saturated carbocycles. The summed E-state index contributed by atoms with van der Waals surface area (Å²) in [5.74, 6) is 0. The van der Waals surface area contributed by atoms with E-state index in [1.165, 1.54) is 15.6 Å². The monoisotopic (exact) mass is 330 g/mol. The van der Waals surface area contributed by atoms with Gasteiger partial charge in [-0.15, -0.1) is 17.9 Å². The Labute approximate surface area is 132 Å². The van der Waals surface area contributed by atoms with Gasteiger partial charge in [-0.05, 0) is 32.9 Å². The molecular formula is C15H26N2O2S2. The summed E-state index contributed by atoms with van der Waals surface area (Å²) in [6.07, 6.45) is 1.62. The molecule has 0 fully saturated rings. The topological polar surface area (TPSA) is 49.4 Å². The van der Waals surface area contributed by atoms with Crippen LogP contribution in [0.1, 0.15) is 39.5 Å². The molecule has 1 heterocycles. The van der Waals surface area contributed by atoms with Crippen LogP contribution in [-0.4, -0.2) is 30.8 Å². The number of sulfonamides is 1. The Morgan fingerprint density at radius 2 is 2.00 bits per heavy atom. The number of hydrogen-bond acceptors (Lipinski definition) is 4. The summed E-state index contributed by atoms with van der Waals surface area (Å²) in [7, 11) is -3.49. The highest BCUT2D eigenvalue weighted by molar-refractivity contribution is 7.91. The summed E-state index contributed by atoms with van der Waals surface area (Å²) < 4.78 is 27.5. The summed E-state index contributed by atoms with van der Waals surface area (Å²) in [5.41, 5.74) is -0.479. The molecule has 1 rings (SSSR count). The molecule has 0 amide bonds. The first-order valence-electron chi connectivity index (χ1n) is 7.05. The molecule has 1 aromatic heterocycles. The molecule has 0 aromatic carbocycles. The standard InChI is InChI=1S/C15H26N2O2S2/c1-7-10-17(15(4,5)6)21(18,19)14-9-8-13(20-14)11-16-12(2)3/h7-9,12,16H,1,10-11H2,2-6H3. The van der Waals surface area contributed by atoms with Gasteiger partial charge in [0.05, 0.1) is 0 Å². The van der Waals surface area contributed by atoms with Crippen molar-refractivity contribution in [3.63, 3.8) is 0 Å². The highest BCUT2D eigenvalue weighted by atomic mass is 32.2. The van der Waals surface area contributed by atoms with E-state index in [1.807, 2.05) is 26.8 Å².